The van der Waals surface area contributed by atoms with Crippen LogP contribution in [-0.4, -0.2) is 22.8 Å². The highest BCUT2D eigenvalue weighted by atomic mass is 35.5. The first-order chi connectivity index (χ1) is 22.0. The third-order valence-electron chi connectivity index (χ3n) is 7.97. The van der Waals surface area contributed by atoms with Gasteiger partial charge in [0.2, 0.25) is 0 Å². The van der Waals surface area contributed by atoms with Crippen molar-refractivity contribution in [3.63, 3.8) is 0 Å². The summed E-state index contributed by atoms with van der Waals surface area (Å²) in [6, 6.07) is 11.7. The standard InChI is InChI=1S/C34H34Cl3NO8/c1-2-3-4-5-6-7-21-8-10-22(11-9-21)32(39)44-23-12-15-26(28(35)18-23)33(40)45-24-13-16-27(29(36)19-24)34(41)46-25-14-17-31(38(42)43)30(37)20-25/h12-22H,2-11H2,1H3/t21-,22-. The van der Waals surface area contributed by atoms with Crippen molar-refractivity contribution >= 4 is 58.4 Å². The lowest BCUT2D eigenvalue weighted by atomic mass is 9.80. The second-order valence-electron chi connectivity index (χ2n) is 11.3. The zero-order valence-electron chi connectivity index (χ0n) is 25.3. The Morgan fingerprint density at radius 3 is 1.72 bits per heavy atom. The summed E-state index contributed by atoms with van der Waals surface area (Å²) in [5.74, 6) is -1.17. The van der Waals surface area contributed by atoms with E-state index in [0.717, 1.165) is 37.8 Å². The van der Waals surface area contributed by atoms with E-state index in [2.05, 4.69) is 6.92 Å². The number of hydrogen-bond acceptors (Lipinski definition) is 8. The molecule has 12 heteroatoms. The van der Waals surface area contributed by atoms with E-state index in [0.29, 0.717) is 5.92 Å². The van der Waals surface area contributed by atoms with Crippen molar-refractivity contribution in [3.05, 3.63) is 90.9 Å². The minimum absolute atomic E-state index is 0.0215. The molecule has 0 atom stereocenters. The van der Waals surface area contributed by atoms with Crippen LogP contribution in [0.3, 0.4) is 0 Å². The van der Waals surface area contributed by atoms with Crippen molar-refractivity contribution in [2.45, 2.75) is 71.1 Å². The molecule has 1 fully saturated rings. The fourth-order valence-corrected chi connectivity index (χ4v) is 6.13. The maximum atomic E-state index is 12.8. The van der Waals surface area contributed by atoms with Crippen LogP contribution in [0.15, 0.2) is 54.6 Å². The Balaban J connectivity index is 1.28. The van der Waals surface area contributed by atoms with E-state index in [1.807, 2.05) is 0 Å². The summed E-state index contributed by atoms with van der Waals surface area (Å²) in [7, 11) is 0. The second kappa shape index (κ2) is 16.8. The van der Waals surface area contributed by atoms with Crippen LogP contribution in [0.4, 0.5) is 5.69 Å². The number of ether oxygens (including phenoxy) is 3. The van der Waals surface area contributed by atoms with E-state index in [-0.39, 0.29) is 61.0 Å². The van der Waals surface area contributed by atoms with Crippen molar-refractivity contribution < 1.29 is 33.5 Å². The zero-order valence-corrected chi connectivity index (χ0v) is 27.5. The lowest BCUT2D eigenvalue weighted by molar-refractivity contribution is -0.384. The van der Waals surface area contributed by atoms with Gasteiger partial charge in [-0.1, -0.05) is 80.3 Å². The third kappa shape index (κ3) is 9.67. The van der Waals surface area contributed by atoms with Crippen LogP contribution in [0.25, 0.3) is 0 Å². The lowest BCUT2D eigenvalue weighted by Crippen LogP contribution is -2.25. The molecule has 0 N–H and O–H groups in total. The molecule has 3 aromatic rings. The Morgan fingerprint density at radius 2 is 1.22 bits per heavy atom. The van der Waals surface area contributed by atoms with Crippen LogP contribution in [0.2, 0.25) is 15.1 Å². The van der Waals surface area contributed by atoms with Gasteiger partial charge >= 0.3 is 17.9 Å². The quantitative estimate of drug-likeness (QED) is 0.0571. The third-order valence-corrected chi connectivity index (χ3v) is 8.90. The molecule has 0 saturated heterocycles. The predicted octanol–water partition coefficient (Wildman–Crippen LogP) is 10.1. The molecule has 1 aliphatic rings. The van der Waals surface area contributed by atoms with Crippen LogP contribution in [0, 0.1) is 22.0 Å². The minimum Gasteiger partial charge on any atom is -0.426 e. The van der Waals surface area contributed by atoms with Gasteiger partial charge in [0.1, 0.15) is 22.3 Å². The number of hydrogen-bond donors (Lipinski definition) is 0. The number of halogens is 3. The number of nitrogens with zero attached hydrogens (tertiary/aromatic N) is 1. The van der Waals surface area contributed by atoms with Gasteiger partial charge < -0.3 is 14.2 Å². The van der Waals surface area contributed by atoms with Gasteiger partial charge in [0, 0.05) is 24.3 Å². The van der Waals surface area contributed by atoms with Crippen molar-refractivity contribution in [2.75, 3.05) is 0 Å². The summed E-state index contributed by atoms with van der Waals surface area (Å²) in [5.41, 5.74) is -0.343. The molecule has 0 aromatic heterocycles. The maximum absolute atomic E-state index is 12.8. The molecule has 1 saturated carbocycles. The summed E-state index contributed by atoms with van der Waals surface area (Å²) < 4.78 is 16.2. The molecule has 0 aliphatic heterocycles. The largest absolute Gasteiger partial charge is 0.426 e. The Kier molecular flexibility index (Phi) is 12.8. The second-order valence-corrected chi connectivity index (χ2v) is 12.5. The van der Waals surface area contributed by atoms with E-state index in [1.54, 1.807) is 0 Å². The van der Waals surface area contributed by atoms with Gasteiger partial charge in [0.25, 0.3) is 5.69 Å². The van der Waals surface area contributed by atoms with E-state index in [9.17, 15) is 24.5 Å². The molecule has 46 heavy (non-hydrogen) atoms. The number of rotatable bonds is 13. The van der Waals surface area contributed by atoms with Crippen LogP contribution < -0.4 is 14.2 Å². The summed E-state index contributed by atoms with van der Waals surface area (Å²) in [5, 5.41) is 10.7. The normalized spacial score (nSPS) is 16.0. The zero-order chi connectivity index (χ0) is 33.2. The molecular formula is C34H34Cl3NO8. The van der Waals surface area contributed by atoms with Crippen molar-refractivity contribution in [3.8, 4) is 17.2 Å². The molecule has 0 radical (unpaired) electrons. The van der Waals surface area contributed by atoms with Gasteiger partial charge in [-0.3, -0.25) is 14.9 Å². The molecule has 9 nitrogen and oxygen atoms in total. The number of carbonyl (C=O) groups is 3. The van der Waals surface area contributed by atoms with Crippen molar-refractivity contribution in [1.82, 2.24) is 0 Å². The average Bonchev–Trinajstić information content (AvgIpc) is 3.01. The molecule has 0 heterocycles. The first kappa shape index (κ1) is 35.2. The molecule has 0 unspecified atom stereocenters. The number of benzene rings is 3. The molecule has 4 rings (SSSR count). The Labute approximate surface area is 282 Å². The van der Waals surface area contributed by atoms with E-state index in [4.69, 9.17) is 49.0 Å². The first-order valence-corrected chi connectivity index (χ1v) is 16.4. The van der Waals surface area contributed by atoms with Gasteiger partial charge in [0.05, 0.1) is 32.0 Å². The van der Waals surface area contributed by atoms with E-state index in [1.165, 1.54) is 81.0 Å². The average molecular weight is 691 g/mol. The summed E-state index contributed by atoms with van der Waals surface area (Å²) in [6.45, 7) is 2.21. The SMILES string of the molecule is CCCCCCC[C@H]1CC[C@H](C(=O)Oc2ccc(C(=O)Oc3ccc(C(=O)Oc4ccc([N+](=O)[O-])c(Cl)c4)c(Cl)c3)c(Cl)c2)CC1. The molecule has 3 aromatic carbocycles. The van der Waals surface area contributed by atoms with Crippen molar-refractivity contribution in [2.24, 2.45) is 11.8 Å². The van der Waals surface area contributed by atoms with Gasteiger partial charge in [-0.05, 0) is 61.9 Å². The highest BCUT2D eigenvalue weighted by Gasteiger charge is 2.28. The number of unbranched alkanes of at least 4 members (excludes halogenated alkanes) is 4. The summed E-state index contributed by atoms with van der Waals surface area (Å²) in [6.07, 6.45) is 11.2. The van der Waals surface area contributed by atoms with Gasteiger partial charge in [-0.2, -0.15) is 0 Å². The summed E-state index contributed by atoms with van der Waals surface area (Å²) >= 11 is 18.5. The number of carbonyl (C=O) groups excluding carboxylic acids is 3. The highest BCUT2D eigenvalue weighted by Crippen LogP contribution is 2.34. The van der Waals surface area contributed by atoms with E-state index >= 15 is 0 Å². The molecule has 0 bridgehead atoms. The molecule has 1 aliphatic carbocycles. The fourth-order valence-electron chi connectivity index (χ4n) is 5.40. The topological polar surface area (TPSA) is 122 Å². The monoisotopic (exact) mass is 689 g/mol. The van der Waals surface area contributed by atoms with Crippen molar-refractivity contribution in [1.29, 1.82) is 0 Å². The van der Waals surface area contributed by atoms with Crippen LogP contribution >= 0.6 is 34.8 Å². The smallest absolute Gasteiger partial charge is 0.345 e. The van der Waals surface area contributed by atoms with Crippen LogP contribution in [0.1, 0.15) is 91.8 Å². The Bertz CT molecular complexity index is 1590. The molecule has 244 valence electrons. The maximum Gasteiger partial charge on any atom is 0.345 e. The lowest BCUT2D eigenvalue weighted by Gasteiger charge is -2.27. The van der Waals surface area contributed by atoms with Gasteiger partial charge in [-0.15, -0.1) is 0 Å². The first-order valence-electron chi connectivity index (χ1n) is 15.2. The molecule has 0 spiro atoms. The van der Waals surface area contributed by atoms with Gasteiger partial charge in [0.15, 0.2) is 0 Å². The van der Waals surface area contributed by atoms with Gasteiger partial charge in [-0.25, -0.2) is 9.59 Å². The molecular weight excluding hydrogens is 657 g/mol. The Morgan fingerprint density at radius 1 is 0.717 bits per heavy atom. The molecule has 0 amide bonds. The predicted molar refractivity (Wildman–Crippen MR) is 175 cm³/mol. The fraction of sp³-hybridized carbons (Fsp3) is 0.382. The van der Waals surface area contributed by atoms with Crippen LogP contribution in [-0.2, 0) is 4.79 Å². The minimum atomic E-state index is -0.855. The summed E-state index contributed by atoms with van der Waals surface area (Å²) in [4.78, 5) is 48.5. The van der Waals surface area contributed by atoms with Crippen LogP contribution in [0.5, 0.6) is 17.2 Å². The number of nitro groups is 1. The number of nitro benzene ring substituents is 1. The Hall–Kier alpha value is -3.66. The van der Waals surface area contributed by atoms with E-state index < -0.39 is 16.9 Å². The highest BCUT2D eigenvalue weighted by molar-refractivity contribution is 6.34. The number of esters is 3.